The molecule has 22 heavy (non-hydrogen) atoms. The highest BCUT2D eigenvalue weighted by molar-refractivity contribution is 6.30. The molecule has 2 rings (SSSR count). The van der Waals surface area contributed by atoms with Crippen molar-refractivity contribution in [1.29, 1.82) is 0 Å². The molecule has 1 N–H and O–H groups in total. The summed E-state index contributed by atoms with van der Waals surface area (Å²) in [4.78, 5) is 27.6. The van der Waals surface area contributed by atoms with Crippen LogP contribution in [0.15, 0.2) is 28.8 Å². The first-order chi connectivity index (χ1) is 10.5. The molecule has 7 heteroatoms. The number of nitrogens with zero attached hydrogens (tertiary/aromatic N) is 2. The summed E-state index contributed by atoms with van der Waals surface area (Å²) < 4.78 is 5.07. The number of hydrogen-bond acceptors (Lipinski definition) is 5. The second kappa shape index (κ2) is 7.17. The van der Waals surface area contributed by atoms with E-state index in [1.165, 1.54) is 7.05 Å². The van der Waals surface area contributed by atoms with Crippen molar-refractivity contribution in [3.8, 4) is 0 Å². The molecule has 116 valence electrons. The second-order valence-corrected chi connectivity index (χ2v) is 5.37. The molecule has 1 atom stereocenters. The van der Waals surface area contributed by atoms with Crippen molar-refractivity contribution >= 4 is 23.3 Å². The topological polar surface area (TPSA) is 85.1 Å². The van der Waals surface area contributed by atoms with Gasteiger partial charge in [0.15, 0.2) is 11.6 Å². The van der Waals surface area contributed by atoms with E-state index < -0.39 is 0 Å². The van der Waals surface area contributed by atoms with E-state index in [0.29, 0.717) is 28.7 Å². The normalized spacial score (nSPS) is 12.0. The number of nitrogens with one attached hydrogen (secondary N) is 1. The van der Waals surface area contributed by atoms with Gasteiger partial charge in [0.2, 0.25) is 11.8 Å². The molecular weight excluding hydrogens is 306 g/mol. The molecule has 0 saturated heterocycles. The van der Waals surface area contributed by atoms with Crippen LogP contribution in [0.3, 0.4) is 0 Å². The number of likely N-dealkylation sites (N-methyl/N-ethyl adjacent to an activating group) is 1. The van der Waals surface area contributed by atoms with Crippen molar-refractivity contribution in [2.75, 3.05) is 7.05 Å². The Kier molecular flexibility index (Phi) is 5.27. The molecular formula is C15H16ClN3O3. The van der Waals surface area contributed by atoms with Gasteiger partial charge in [-0.15, -0.1) is 0 Å². The standard InChI is InChI=1S/C15H16ClN3O3/c1-9(15(21)10-3-5-11(16)6-4-10)7-14-18-12(19-22-14)8-13(20)17-2/h3-6,9H,7-8H2,1-2H3,(H,17,20)/t9-/m0/s1. The minimum absolute atomic E-state index is 0.0253. The van der Waals surface area contributed by atoms with Crippen LogP contribution in [0.25, 0.3) is 0 Å². The van der Waals surface area contributed by atoms with Crippen molar-refractivity contribution in [3.05, 3.63) is 46.6 Å². The zero-order valence-corrected chi connectivity index (χ0v) is 13.1. The fraction of sp³-hybridized carbons (Fsp3) is 0.333. The molecule has 0 radical (unpaired) electrons. The van der Waals surface area contributed by atoms with Crippen LogP contribution in [0.5, 0.6) is 0 Å². The summed E-state index contributed by atoms with van der Waals surface area (Å²) in [6, 6.07) is 6.73. The van der Waals surface area contributed by atoms with E-state index in [-0.39, 0.29) is 24.0 Å². The minimum Gasteiger partial charge on any atom is -0.359 e. The monoisotopic (exact) mass is 321 g/mol. The van der Waals surface area contributed by atoms with Gasteiger partial charge in [-0.05, 0) is 24.3 Å². The maximum atomic E-state index is 12.3. The molecule has 0 bridgehead atoms. The van der Waals surface area contributed by atoms with E-state index in [9.17, 15) is 9.59 Å². The summed E-state index contributed by atoms with van der Waals surface area (Å²) in [5.74, 6) is 0.115. The highest BCUT2D eigenvalue weighted by Crippen LogP contribution is 2.16. The number of halogens is 1. The third kappa shape index (κ3) is 4.14. The summed E-state index contributed by atoms with van der Waals surface area (Å²) >= 11 is 5.80. The van der Waals surface area contributed by atoms with Gasteiger partial charge in [-0.3, -0.25) is 9.59 Å². The second-order valence-electron chi connectivity index (χ2n) is 4.93. The van der Waals surface area contributed by atoms with Gasteiger partial charge in [-0.2, -0.15) is 4.98 Å². The lowest BCUT2D eigenvalue weighted by Gasteiger charge is -2.07. The molecule has 1 heterocycles. The van der Waals surface area contributed by atoms with Crippen molar-refractivity contribution in [3.63, 3.8) is 0 Å². The first-order valence-corrected chi connectivity index (χ1v) is 7.19. The molecule has 1 aromatic carbocycles. The van der Waals surface area contributed by atoms with Gasteiger partial charge in [-0.25, -0.2) is 0 Å². The van der Waals surface area contributed by atoms with Crippen LogP contribution in [0.2, 0.25) is 5.02 Å². The van der Waals surface area contributed by atoms with Gasteiger partial charge < -0.3 is 9.84 Å². The minimum atomic E-state index is -0.311. The Hall–Kier alpha value is -2.21. The van der Waals surface area contributed by atoms with Crippen LogP contribution in [0.1, 0.15) is 29.0 Å². The maximum Gasteiger partial charge on any atom is 0.227 e. The average molecular weight is 322 g/mol. The zero-order chi connectivity index (χ0) is 16.1. The fourth-order valence-electron chi connectivity index (χ4n) is 1.93. The first-order valence-electron chi connectivity index (χ1n) is 6.81. The molecule has 0 spiro atoms. The number of Topliss-reactive ketones (excluding diaryl/α,β-unsaturated/α-hetero) is 1. The molecule has 0 saturated carbocycles. The number of hydrogen-bond donors (Lipinski definition) is 1. The summed E-state index contributed by atoms with van der Waals surface area (Å²) in [7, 11) is 1.54. The highest BCUT2D eigenvalue weighted by Gasteiger charge is 2.19. The zero-order valence-electron chi connectivity index (χ0n) is 12.3. The third-order valence-corrected chi connectivity index (χ3v) is 3.42. The third-order valence-electron chi connectivity index (χ3n) is 3.16. The van der Waals surface area contributed by atoms with E-state index in [4.69, 9.17) is 16.1 Å². The first kappa shape index (κ1) is 16.2. The van der Waals surface area contributed by atoms with Crippen LogP contribution >= 0.6 is 11.6 Å². The lowest BCUT2D eigenvalue weighted by Crippen LogP contribution is -2.20. The summed E-state index contributed by atoms with van der Waals surface area (Å²) in [6.07, 6.45) is 0.377. The highest BCUT2D eigenvalue weighted by atomic mass is 35.5. The van der Waals surface area contributed by atoms with E-state index in [1.807, 2.05) is 0 Å². The summed E-state index contributed by atoms with van der Waals surface area (Å²) in [5.41, 5.74) is 0.585. The summed E-state index contributed by atoms with van der Waals surface area (Å²) in [5, 5.41) is 6.79. The Labute approximate surface area is 132 Å². The predicted octanol–water partition coefficient (Wildman–Crippen LogP) is 2.07. The van der Waals surface area contributed by atoms with Crippen LogP contribution in [0.4, 0.5) is 0 Å². The molecule has 6 nitrogen and oxygen atoms in total. The molecule has 2 aromatic rings. The molecule has 0 aliphatic rings. The lowest BCUT2D eigenvalue weighted by molar-refractivity contribution is -0.120. The Bertz CT molecular complexity index is 667. The van der Waals surface area contributed by atoms with E-state index in [1.54, 1.807) is 31.2 Å². The number of rotatable bonds is 6. The van der Waals surface area contributed by atoms with Crippen LogP contribution in [0, 0.1) is 5.92 Å². The van der Waals surface area contributed by atoms with E-state index in [0.717, 1.165) is 0 Å². The Morgan fingerprint density at radius 2 is 2.00 bits per heavy atom. The van der Waals surface area contributed by atoms with Crippen molar-refractivity contribution in [2.24, 2.45) is 5.92 Å². The van der Waals surface area contributed by atoms with Gasteiger partial charge in [0.1, 0.15) is 0 Å². The average Bonchev–Trinajstić information content (AvgIpc) is 2.94. The summed E-state index contributed by atoms with van der Waals surface area (Å²) in [6.45, 7) is 1.79. The van der Waals surface area contributed by atoms with E-state index in [2.05, 4.69) is 15.5 Å². The van der Waals surface area contributed by atoms with Crippen LogP contribution < -0.4 is 5.32 Å². The number of carbonyl (C=O) groups excluding carboxylic acids is 2. The van der Waals surface area contributed by atoms with Crippen molar-refractivity contribution < 1.29 is 14.1 Å². The molecule has 1 amide bonds. The van der Waals surface area contributed by atoms with Gasteiger partial charge >= 0.3 is 0 Å². The number of benzene rings is 1. The lowest BCUT2D eigenvalue weighted by atomic mass is 9.96. The quantitative estimate of drug-likeness (QED) is 0.823. The van der Waals surface area contributed by atoms with Crippen LogP contribution in [-0.2, 0) is 17.6 Å². The Morgan fingerprint density at radius 3 is 2.64 bits per heavy atom. The van der Waals surface area contributed by atoms with Gasteiger partial charge in [0.25, 0.3) is 0 Å². The molecule has 1 aromatic heterocycles. The number of ketones is 1. The van der Waals surface area contributed by atoms with Gasteiger partial charge in [0, 0.05) is 30.0 Å². The SMILES string of the molecule is CNC(=O)Cc1noc(C[C@H](C)C(=O)c2ccc(Cl)cc2)n1. The number of carbonyl (C=O) groups is 2. The largest absolute Gasteiger partial charge is 0.359 e. The molecule has 0 aliphatic heterocycles. The Morgan fingerprint density at radius 1 is 1.32 bits per heavy atom. The van der Waals surface area contributed by atoms with Crippen LogP contribution in [-0.4, -0.2) is 28.9 Å². The van der Waals surface area contributed by atoms with Gasteiger partial charge in [-0.1, -0.05) is 23.7 Å². The fourth-order valence-corrected chi connectivity index (χ4v) is 2.06. The maximum absolute atomic E-state index is 12.3. The van der Waals surface area contributed by atoms with Crippen molar-refractivity contribution in [1.82, 2.24) is 15.5 Å². The molecule has 0 fully saturated rings. The molecule has 0 aliphatic carbocycles. The smallest absolute Gasteiger partial charge is 0.227 e. The molecule has 0 unspecified atom stereocenters. The number of amides is 1. The van der Waals surface area contributed by atoms with Crippen molar-refractivity contribution in [2.45, 2.75) is 19.8 Å². The van der Waals surface area contributed by atoms with Gasteiger partial charge in [0.05, 0.1) is 6.42 Å². The van der Waals surface area contributed by atoms with E-state index >= 15 is 0 Å². The Balaban J connectivity index is 1.99. The number of aromatic nitrogens is 2. The predicted molar refractivity (Wildman–Crippen MR) is 80.7 cm³/mol.